The molecule has 0 unspecified atom stereocenters. The number of nitro groups is 1. The summed E-state index contributed by atoms with van der Waals surface area (Å²) >= 11 is 5.79. The van der Waals surface area contributed by atoms with Crippen molar-refractivity contribution in [2.24, 2.45) is 0 Å². The number of carbonyl (C=O) groups excluding carboxylic acids is 1. The zero-order valence-electron chi connectivity index (χ0n) is 15.1. The van der Waals surface area contributed by atoms with Crippen molar-refractivity contribution >= 4 is 28.9 Å². The van der Waals surface area contributed by atoms with Crippen LogP contribution < -0.4 is 10.1 Å². The van der Waals surface area contributed by atoms with E-state index < -0.39 is 16.6 Å². The maximum atomic E-state index is 13.2. The van der Waals surface area contributed by atoms with Gasteiger partial charge in [0.1, 0.15) is 28.8 Å². The van der Waals surface area contributed by atoms with Crippen molar-refractivity contribution in [3.8, 4) is 11.5 Å². The fourth-order valence-electron chi connectivity index (χ4n) is 2.52. The number of halogens is 2. The van der Waals surface area contributed by atoms with Crippen molar-refractivity contribution in [2.75, 3.05) is 5.32 Å². The average molecular weight is 417 g/mol. The Labute approximate surface area is 169 Å². The Balaban J connectivity index is 2.07. The molecular formula is C19H14ClFN4O4. The third-order valence-corrected chi connectivity index (χ3v) is 3.95. The number of nitrogens with one attached hydrogen (secondary N) is 1. The van der Waals surface area contributed by atoms with Crippen molar-refractivity contribution in [3.05, 3.63) is 81.1 Å². The fourth-order valence-corrected chi connectivity index (χ4v) is 2.61. The van der Waals surface area contributed by atoms with Gasteiger partial charge < -0.3 is 10.1 Å². The molecular weight excluding hydrogens is 403 g/mol. The van der Waals surface area contributed by atoms with Crippen LogP contribution >= 0.6 is 11.6 Å². The van der Waals surface area contributed by atoms with Gasteiger partial charge in [-0.3, -0.25) is 14.9 Å². The molecule has 2 aromatic carbocycles. The maximum absolute atomic E-state index is 13.2. The SMILES string of the molecule is CC(=O)Nc1cc(Oc2ccc(F)cc2)c(Cc2ncc(Cl)cn2)cc1[N+](=O)[O-]. The number of hydrogen-bond acceptors (Lipinski definition) is 6. The zero-order chi connectivity index (χ0) is 21.0. The van der Waals surface area contributed by atoms with Gasteiger partial charge in [0.25, 0.3) is 5.69 Å². The number of nitrogens with zero attached hydrogens (tertiary/aromatic N) is 3. The Morgan fingerprint density at radius 1 is 1.24 bits per heavy atom. The number of nitro benzene ring substituents is 1. The van der Waals surface area contributed by atoms with Crippen LogP contribution in [0.2, 0.25) is 5.02 Å². The zero-order valence-corrected chi connectivity index (χ0v) is 15.8. The van der Waals surface area contributed by atoms with E-state index in [1.165, 1.54) is 55.7 Å². The smallest absolute Gasteiger partial charge is 0.293 e. The summed E-state index contributed by atoms with van der Waals surface area (Å²) in [5.74, 6) is -0.0128. The first-order chi connectivity index (χ1) is 13.8. The highest BCUT2D eigenvalue weighted by atomic mass is 35.5. The molecule has 0 saturated heterocycles. The van der Waals surface area contributed by atoms with Crippen LogP contribution in [0.3, 0.4) is 0 Å². The second-order valence-electron chi connectivity index (χ2n) is 5.97. The first-order valence-corrected chi connectivity index (χ1v) is 8.68. The van der Waals surface area contributed by atoms with Crippen molar-refractivity contribution in [2.45, 2.75) is 13.3 Å². The normalized spacial score (nSPS) is 10.4. The largest absolute Gasteiger partial charge is 0.457 e. The molecule has 0 spiro atoms. The summed E-state index contributed by atoms with van der Waals surface area (Å²) in [6.07, 6.45) is 2.92. The van der Waals surface area contributed by atoms with Crippen LogP contribution in [-0.2, 0) is 11.2 Å². The summed E-state index contributed by atoms with van der Waals surface area (Å²) < 4.78 is 19.0. The van der Waals surface area contributed by atoms with E-state index >= 15 is 0 Å². The van der Waals surface area contributed by atoms with Crippen LogP contribution in [0.1, 0.15) is 18.3 Å². The first-order valence-electron chi connectivity index (χ1n) is 8.30. The molecule has 0 atom stereocenters. The molecule has 0 saturated carbocycles. The highest BCUT2D eigenvalue weighted by molar-refractivity contribution is 6.30. The Hall–Kier alpha value is -3.59. The average Bonchev–Trinajstić information content (AvgIpc) is 2.66. The molecule has 0 aliphatic carbocycles. The number of aromatic nitrogens is 2. The lowest BCUT2D eigenvalue weighted by atomic mass is 10.1. The van der Waals surface area contributed by atoms with E-state index in [4.69, 9.17) is 16.3 Å². The Bertz CT molecular complexity index is 1060. The first kappa shape index (κ1) is 20.2. The minimum absolute atomic E-state index is 0.0274. The van der Waals surface area contributed by atoms with E-state index in [1.54, 1.807) is 0 Å². The van der Waals surface area contributed by atoms with Crippen LogP contribution in [0.15, 0.2) is 48.8 Å². The highest BCUT2D eigenvalue weighted by Gasteiger charge is 2.21. The third kappa shape index (κ3) is 5.23. The third-order valence-electron chi connectivity index (χ3n) is 3.75. The van der Waals surface area contributed by atoms with Crippen molar-refractivity contribution in [1.82, 2.24) is 9.97 Å². The van der Waals surface area contributed by atoms with Gasteiger partial charge in [-0.2, -0.15) is 0 Å². The number of ether oxygens (including phenoxy) is 1. The molecule has 0 aliphatic heterocycles. The van der Waals surface area contributed by atoms with Gasteiger partial charge in [-0.15, -0.1) is 0 Å². The molecule has 0 aliphatic rings. The molecule has 8 nitrogen and oxygen atoms in total. The van der Waals surface area contributed by atoms with Crippen molar-refractivity contribution in [3.63, 3.8) is 0 Å². The van der Waals surface area contributed by atoms with E-state index in [9.17, 15) is 19.3 Å². The van der Waals surface area contributed by atoms with Crippen molar-refractivity contribution in [1.29, 1.82) is 0 Å². The fraction of sp³-hybridized carbons (Fsp3) is 0.105. The topological polar surface area (TPSA) is 107 Å². The van der Waals surface area contributed by atoms with E-state index in [2.05, 4.69) is 15.3 Å². The second-order valence-corrected chi connectivity index (χ2v) is 6.40. The number of rotatable bonds is 6. The summed E-state index contributed by atoms with van der Waals surface area (Å²) in [5, 5.41) is 14.3. The van der Waals surface area contributed by atoms with E-state index in [0.717, 1.165) is 0 Å². The molecule has 3 rings (SSSR count). The minimum atomic E-state index is -0.612. The lowest BCUT2D eigenvalue weighted by molar-refractivity contribution is -0.384. The molecule has 0 fully saturated rings. The van der Waals surface area contributed by atoms with Crippen molar-refractivity contribution < 1.29 is 18.8 Å². The summed E-state index contributed by atoms with van der Waals surface area (Å²) in [5.41, 5.74) is 0.0634. The van der Waals surface area contributed by atoms with Crippen LogP contribution in [0.25, 0.3) is 0 Å². The number of amides is 1. The molecule has 148 valence electrons. The summed E-state index contributed by atoms with van der Waals surface area (Å²) in [4.78, 5) is 30.5. The molecule has 1 N–H and O–H groups in total. The minimum Gasteiger partial charge on any atom is -0.457 e. The number of carbonyl (C=O) groups is 1. The molecule has 10 heteroatoms. The molecule has 3 aromatic rings. The van der Waals surface area contributed by atoms with Gasteiger partial charge >= 0.3 is 0 Å². The van der Waals surface area contributed by atoms with Crippen LogP contribution in [0, 0.1) is 15.9 Å². The Morgan fingerprint density at radius 2 is 1.90 bits per heavy atom. The van der Waals surface area contributed by atoms with Gasteiger partial charge in [-0.05, 0) is 24.3 Å². The van der Waals surface area contributed by atoms with E-state index in [0.29, 0.717) is 22.2 Å². The molecule has 0 bridgehead atoms. The van der Waals surface area contributed by atoms with Gasteiger partial charge in [0.05, 0.1) is 9.95 Å². The molecule has 1 heterocycles. The number of hydrogen-bond donors (Lipinski definition) is 1. The van der Waals surface area contributed by atoms with E-state index in [-0.39, 0.29) is 23.5 Å². The lowest BCUT2D eigenvalue weighted by Crippen LogP contribution is -2.09. The van der Waals surface area contributed by atoms with Gasteiger partial charge in [0.2, 0.25) is 5.91 Å². The van der Waals surface area contributed by atoms with Gasteiger partial charge in [0, 0.05) is 43.4 Å². The second kappa shape index (κ2) is 8.61. The quantitative estimate of drug-likeness (QED) is 0.467. The van der Waals surface area contributed by atoms with Gasteiger partial charge in [-0.25, -0.2) is 14.4 Å². The van der Waals surface area contributed by atoms with Gasteiger partial charge in [0.15, 0.2) is 0 Å². The summed E-state index contributed by atoms with van der Waals surface area (Å²) in [6, 6.07) is 7.89. The number of benzene rings is 2. The molecule has 0 radical (unpaired) electrons. The Morgan fingerprint density at radius 3 is 2.48 bits per heavy atom. The molecule has 1 amide bonds. The predicted octanol–water partition coefficient (Wildman–Crippen LogP) is 4.52. The lowest BCUT2D eigenvalue weighted by Gasteiger charge is -2.14. The Kier molecular flexibility index (Phi) is 5.99. The van der Waals surface area contributed by atoms with Gasteiger partial charge in [-0.1, -0.05) is 11.6 Å². The highest BCUT2D eigenvalue weighted by Crippen LogP contribution is 2.36. The van der Waals surface area contributed by atoms with Crippen LogP contribution in [0.4, 0.5) is 15.8 Å². The standard InChI is InChI=1S/C19H14ClFN4O4/c1-11(26)24-16-8-18(29-15-4-2-14(21)3-5-15)12(6-17(16)25(27)28)7-19-22-9-13(20)10-23-19/h2-6,8-10H,7H2,1H3,(H,24,26). The molecule has 29 heavy (non-hydrogen) atoms. The summed E-state index contributed by atoms with van der Waals surface area (Å²) in [6.45, 7) is 1.24. The molecule has 1 aromatic heterocycles. The number of anilines is 1. The van der Waals surface area contributed by atoms with Crippen LogP contribution in [0.5, 0.6) is 11.5 Å². The maximum Gasteiger partial charge on any atom is 0.293 e. The predicted molar refractivity (Wildman–Crippen MR) is 104 cm³/mol. The van der Waals surface area contributed by atoms with Crippen LogP contribution in [-0.4, -0.2) is 20.8 Å². The summed E-state index contributed by atoms with van der Waals surface area (Å²) in [7, 11) is 0. The monoisotopic (exact) mass is 416 g/mol. The van der Waals surface area contributed by atoms with E-state index in [1.807, 2.05) is 0 Å².